The largest absolute Gasteiger partial charge is 0.391 e. The van der Waals surface area contributed by atoms with Crippen molar-refractivity contribution in [2.45, 2.75) is 71.8 Å². The number of aryl methyl sites for hydroxylation is 2. The molecule has 1 aliphatic rings. The lowest BCUT2D eigenvalue weighted by atomic mass is 9.85. The van der Waals surface area contributed by atoms with Gasteiger partial charge in [-0.3, -0.25) is 9.59 Å². The number of benzene rings is 2. The number of hydrogen-bond donors (Lipinski definition) is 3. The van der Waals surface area contributed by atoms with Gasteiger partial charge in [0, 0.05) is 51.5 Å². The minimum Gasteiger partial charge on any atom is -0.366 e. The predicted molar refractivity (Wildman–Crippen MR) is 186 cm³/mol. The van der Waals surface area contributed by atoms with Crippen molar-refractivity contribution in [2.24, 2.45) is 25.4 Å². The molecule has 1 saturated carbocycles. The summed E-state index contributed by atoms with van der Waals surface area (Å²) in [6.45, 7) is 6.06. The third-order valence-corrected chi connectivity index (χ3v) is 9.75. The molecule has 3 N–H and O–H groups in total. The Bertz CT molecular complexity index is 1860. The second-order valence-corrected chi connectivity index (χ2v) is 14.5. The zero-order valence-corrected chi connectivity index (χ0v) is 29.8. The van der Waals surface area contributed by atoms with Gasteiger partial charge < -0.3 is 30.0 Å². The van der Waals surface area contributed by atoms with Crippen LogP contribution in [-0.2, 0) is 32.0 Å². The molecule has 2 aromatic heterocycles. The van der Waals surface area contributed by atoms with Crippen LogP contribution in [0.15, 0.2) is 36.7 Å². The van der Waals surface area contributed by atoms with E-state index < -0.39 is 23.4 Å². The Balaban J connectivity index is 1.46. The summed E-state index contributed by atoms with van der Waals surface area (Å²) in [5.41, 5.74) is 2.63. The fourth-order valence-corrected chi connectivity index (χ4v) is 6.44. The SMILES string of the molecule is CN(Cc1nccn1C)c1cc2c(cc1C(=O)NC1CCC(C(F)(F)F)CC1)nc(Nc1c(Cl)ccc(CNC(=O)C(C)(C)C)c1Cl)n2C. The van der Waals surface area contributed by atoms with E-state index in [4.69, 9.17) is 28.2 Å². The highest BCUT2D eigenvalue weighted by Crippen LogP contribution is 2.39. The van der Waals surface area contributed by atoms with Crippen LogP contribution >= 0.6 is 23.2 Å². The molecule has 0 unspecified atom stereocenters. The van der Waals surface area contributed by atoms with Gasteiger partial charge in [0.05, 0.1) is 50.5 Å². The quantitative estimate of drug-likeness (QED) is 0.165. The van der Waals surface area contributed by atoms with Crippen molar-refractivity contribution in [1.29, 1.82) is 0 Å². The van der Waals surface area contributed by atoms with Gasteiger partial charge in [0.2, 0.25) is 11.9 Å². The van der Waals surface area contributed by atoms with Gasteiger partial charge >= 0.3 is 6.18 Å². The number of carbonyl (C=O) groups is 2. The Labute approximate surface area is 293 Å². The van der Waals surface area contributed by atoms with Crippen LogP contribution in [0.4, 0.5) is 30.5 Å². The van der Waals surface area contributed by atoms with Crippen molar-refractivity contribution in [3.05, 3.63) is 63.7 Å². The average Bonchev–Trinajstić information content (AvgIpc) is 3.57. The number of rotatable bonds is 9. The maximum Gasteiger partial charge on any atom is 0.391 e. The summed E-state index contributed by atoms with van der Waals surface area (Å²) in [5, 5.41) is 9.79. The summed E-state index contributed by atoms with van der Waals surface area (Å²) in [6.07, 6.45) is -0.263. The van der Waals surface area contributed by atoms with Crippen molar-refractivity contribution in [3.8, 4) is 0 Å². The number of nitrogens with zero attached hydrogens (tertiary/aromatic N) is 5. The number of aromatic nitrogens is 4. The lowest BCUT2D eigenvalue weighted by Gasteiger charge is -2.30. The molecule has 1 fully saturated rings. The molecule has 264 valence electrons. The topological polar surface area (TPSA) is 109 Å². The minimum atomic E-state index is -4.23. The van der Waals surface area contributed by atoms with E-state index in [0.29, 0.717) is 56.1 Å². The Morgan fingerprint density at radius 3 is 2.37 bits per heavy atom. The van der Waals surface area contributed by atoms with E-state index in [1.165, 1.54) is 0 Å². The monoisotopic (exact) mass is 720 g/mol. The van der Waals surface area contributed by atoms with E-state index in [0.717, 1.165) is 5.82 Å². The van der Waals surface area contributed by atoms with Gasteiger partial charge in [0.25, 0.3) is 5.91 Å². The third-order valence-electron chi connectivity index (χ3n) is 9.01. The lowest BCUT2D eigenvalue weighted by Crippen LogP contribution is -2.40. The molecule has 1 aliphatic carbocycles. The molecule has 0 spiro atoms. The second kappa shape index (κ2) is 14.1. The maximum atomic E-state index is 13.8. The zero-order chi connectivity index (χ0) is 35.8. The van der Waals surface area contributed by atoms with E-state index in [1.54, 1.807) is 24.4 Å². The third kappa shape index (κ3) is 8.09. The van der Waals surface area contributed by atoms with Crippen LogP contribution in [0.5, 0.6) is 0 Å². The van der Waals surface area contributed by atoms with Crippen LogP contribution in [0.3, 0.4) is 0 Å². The van der Waals surface area contributed by atoms with Gasteiger partial charge in [-0.15, -0.1) is 0 Å². The van der Waals surface area contributed by atoms with Crippen molar-refractivity contribution >= 4 is 63.4 Å². The smallest absolute Gasteiger partial charge is 0.366 e. The van der Waals surface area contributed by atoms with Crippen LogP contribution in [-0.4, -0.2) is 50.2 Å². The number of halogens is 5. The molecular weight excluding hydrogens is 680 g/mol. The molecule has 2 amide bonds. The molecule has 10 nitrogen and oxygen atoms in total. The molecule has 4 aromatic rings. The Morgan fingerprint density at radius 1 is 1.06 bits per heavy atom. The fraction of sp³-hybridized carbons (Fsp3) is 0.471. The van der Waals surface area contributed by atoms with Gasteiger partial charge in [-0.2, -0.15) is 13.2 Å². The first-order valence-corrected chi connectivity index (χ1v) is 16.8. The fourth-order valence-electron chi connectivity index (χ4n) is 5.91. The van der Waals surface area contributed by atoms with E-state index in [9.17, 15) is 22.8 Å². The van der Waals surface area contributed by atoms with Crippen molar-refractivity contribution in [1.82, 2.24) is 29.7 Å². The van der Waals surface area contributed by atoms with E-state index >= 15 is 0 Å². The standard InChI is InChI=1S/C34H41Cl2F3N8O2/c1-33(2,3)31(49)41-17-19-7-12-23(35)29(28(19)36)44-32-43-24-15-22(30(48)42-21-10-8-20(9-11-21)34(37,38)39)25(16-26(24)47(32)6)46(5)18-27-40-13-14-45(27)4/h7,12-16,20-21H,8-11,17-18H2,1-6H3,(H,41,49)(H,42,48)(H,43,44). The van der Waals surface area contributed by atoms with E-state index in [2.05, 4.69) is 20.9 Å². The summed E-state index contributed by atoms with van der Waals surface area (Å²) in [5.74, 6) is -0.692. The van der Waals surface area contributed by atoms with E-state index in [1.807, 2.05) is 68.2 Å². The van der Waals surface area contributed by atoms with Crippen LogP contribution in [0.1, 0.15) is 68.2 Å². The highest BCUT2D eigenvalue weighted by Gasteiger charge is 2.41. The zero-order valence-electron chi connectivity index (χ0n) is 28.3. The van der Waals surface area contributed by atoms with Crippen molar-refractivity contribution < 1.29 is 22.8 Å². The highest BCUT2D eigenvalue weighted by molar-refractivity contribution is 6.39. The van der Waals surface area contributed by atoms with Crippen LogP contribution in [0.2, 0.25) is 10.0 Å². The summed E-state index contributed by atoms with van der Waals surface area (Å²) in [6, 6.07) is 6.60. The highest BCUT2D eigenvalue weighted by atomic mass is 35.5. The number of fused-ring (bicyclic) bond motifs is 1. The first kappa shape index (κ1) is 36.3. The lowest BCUT2D eigenvalue weighted by molar-refractivity contribution is -0.182. The molecule has 0 bridgehead atoms. The van der Waals surface area contributed by atoms with Crippen LogP contribution < -0.4 is 20.9 Å². The molecule has 2 heterocycles. The second-order valence-electron chi connectivity index (χ2n) is 13.7. The Morgan fingerprint density at radius 2 is 1.76 bits per heavy atom. The van der Waals surface area contributed by atoms with Crippen molar-refractivity contribution in [3.63, 3.8) is 0 Å². The number of amides is 2. The van der Waals surface area contributed by atoms with Gasteiger partial charge in [-0.05, 0) is 49.4 Å². The predicted octanol–water partition coefficient (Wildman–Crippen LogP) is 7.51. The summed E-state index contributed by atoms with van der Waals surface area (Å²) < 4.78 is 43.5. The average molecular weight is 722 g/mol. The van der Waals surface area contributed by atoms with Crippen LogP contribution in [0, 0.1) is 11.3 Å². The van der Waals surface area contributed by atoms with Crippen LogP contribution in [0.25, 0.3) is 11.0 Å². The number of anilines is 3. The summed E-state index contributed by atoms with van der Waals surface area (Å²) >= 11 is 13.4. The van der Waals surface area contributed by atoms with Gasteiger partial charge in [0.1, 0.15) is 5.82 Å². The number of hydrogen-bond acceptors (Lipinski definition) is 6. The van der Waals surface area contributed by atoms with Gasteiger partial charge in [-0.25, -0.2) is 9.97 Å². The summed E-state index contributed by atoms with van der Waals surface area (Å²) in [7, 11) is 5.54. The molecule has 0 saturated heterocycles. The number of carbonyl (C=O) groups excluding carboxylic acids is 2. The maximum absolute atomic E-state index is 13.8. The van der Waals surface area contributed by atoms with Gasteiger partial charge in [-0.1, -0.05) is 50.0 Å². The Hall–Kier alpha value is -3.97. The van der Waals surface area contributed by atoms with Crippen molar-refractivity contribution in [2.75, 3.05) is 17.3 Å². The number of nitrogens with one attached hydrogen (secondary N) is 3. The first-order chi connectivity index (χ1) is 22.9. The normalized spacial score (nSPS) is 16.9. The molecule has 2 aromatic carbocycles. The Kier molecular flexibility index (Phi) is 10.5. The number of alkyl halides is 3. The van der Waals surface area contributed by atoms with Gasteiger partial charge in [0.15, 0.2) is 0 Å². The summed E-state index contributed by atoms with van der Waals surface area (Å²) in [4.78, 5) is 37.4. The molecule has 0 aliphatic heterocycles. The number of imidazole rings is 2. The van der Waals surface area contributed by atoms with E-state index in [-0.39, 0.29) is 44.2 Å². The molecule has 0 atom stereocenters. The molecule has 5 rings (SSSR count). The molecule has 15 heteroatoms. The minimum absolute atomic E-state index is 0.0239. The molecule has 49 heavy (non-hydrogen) atoms. The molecular formula is C34H41Cl2F3N8O2. The molecule has 0 radical (unpaired) electrons. The first-order valence-electron chi connectivity index (χ1n) is 16.0.